The summed E-state index contributed by atoms with van der Waals surface area (Å²) in [7, 11) is 4.36. The number of carbonyl (C=O) groups is 2. The molecule has 178 valence electrons. The van der Waals surface area contributed by atoms with Crippen molar-refractivity contribution in [3.8, 4) is 11.5 Å². The highest BCUT2D eigenvalue weighted by atomic mass is 16.6. The Labute approximate surface area is 193 Å². The highest BCUT2D eigenvalue weighted by molar-refractivity contribution is 5.76. The van der Waals surface area contributed by atoms with Gasteiger partial charge in [0.25, 0.3) is 0 Å². The van der Waals surface area contributed by atoms with E-state index in [-0.39, 0.29) is 0 Å². The Morgan fingerprint density at radius 3 is 2.18 bits per heavy atom. The molecule has 3 rings (SSSR count). The molecular weight excluding hydrogens is 428 g/mol. The molecule has 0 radical (unpaired) electrons. The monoisotopic (exact) mass is 458 g/mol. The van der Waals surface area contributed by atoms with Gasteiger partial charge in [0.1, 0.15) is 5.60 Å². The lowest BCUT2D eigenvalue weighted by Crippen LogP contribution is -2.47. The van der Waals surface area contributed by atoms with E-state index < -0.39 is 36.0 Å². The van der Waals surface area contributed by atoms with Crippen molar-refractivity contribution in [2.75, 3.05) is 21.3 Å². The molecular formula is C24H30N2O7. The summed E-state index contributed by atoms with van der Waals surface area (Å²) in [5, 5.41) is 1.56. The van der Waals surface area contributed by atoms with Gasteiger partial charge < -0.3 is 23.7 Å². The van der Waals surface area contributed by atoms with E-state index in [1.807, 2.05) is 30.3 Å². The number of ether oxygens (including phenoxy) is 5. The molecule has 0 saturated carbocycles. The molecule has 2 aromatic rings. The summed E-state index contributed by atoms with van der Waals surface area (Å²) in [4.78, 5) is 25.4. The Hall–Kier alpha value is -3.30. The van der Waals surface area contributed by atoms with Crippen LogP contribution in [0.1, 0.15) is 44.2 Å². The molecule has 1 heterocycles. The number of nitrogens with zero attached hydrogens (tertiary/aromatic N) is 1. The first-order valence-electron chi connectivity index (χ1n) is 10.5. The molecule has 0 unspecified atom stereocenters. The lowest BCUT2D eigenvalue weighted by molar-refractivity contribution is -0.154. The molecule has 0 aromatic heterocycles. The third-order valence-corrected chi connectivity index (χ3v) is 5.00. The van der Waals surface area contributed by atoms with E-state index in [2.05, 4.69) is 5.43 Å². The normalized spacial score (nSPS) is 20.7. The van der Waals surface area contributed by atoms with E-state index in [9.17, 15) is 9.59 Å². The number of hydrazine groups is 1. The average Bonchev–Trinajstić information content (AvgIpc) is 3.16. The minimum atomic E-state index is -1.01. The molecule has 9 nitrogen and oxygen atoms in total. The van der Waals surface area contributed by atoms with Gasteiger partial charge in [-0.25, -0.2) is 9.59 Å². The molecule has 1 amide bonds. The summed E-state index contributed by atoms with van der Waals surface area (Å²) in [6.45, 7) is 5.31. The Morgan fingerprint density at radius 2 is 1.61 bits per heavy atom. The second kappa shape index (κ2) is 10.1. The summed E-state index contributed by atoms with van der Waals surface area (Å²) < 4.78 is 27.4. The summed E-state index contributed by atoms with van der Waals surface area (Å²) in [5.74, 6) is 0.450. The third-order valence-electron chi connectivity index (χ3n) is 5.00. The van der Waals surface area contributed by atoms with Gasteiger partial charge in [0.05, 0.1) is 27.4 Å². The number of esters is 1. The van der Waals surface area contributed by atoms with Gasteiger partial charge in [0.15, 0.2) is 23.8 Å². The fraction of sp³-hybridized carbons (Fsp3) is 0.417. The maximum absolute atomic E-state index is 12.7. The molecule has 1 aliphatic rings. The van der Waals surface area contributed by atoms with Crippen LogP contribution in [0.4, 0.5) is 4.79 Å². The van der Waals surface area contributed by atoms with Crippen LogP contribution in [-0.2, 0) is 19.0 Å². The highest BCUT2D eigenvalue weighted by Crippen LogP contribution is 2.43. The standard InChI is InChI=1S/C24H30N2O7/c1-24(2,3)33-23(28)25-26-19(15-10-8-7-9-11-15)20(22(27)31-6)32-21(26)16-12-13-17(29-4)18(14-16)30-5/h7-14,19-21H,1-6H3,(H,25,28)/t19-,20+,21+/m0/s1. The van der Waals surface area contributed by atoms with Crippen molar-refractivity contribution in [3.63, 3.8) is 0 Å². The largest absolute Gasteiger partial charge is 0.493 e. The predicted molar refractivity (Wildman–Crippen MR) is 120 cm³/mol. The van der Waals surface area contributed by atoms with Crippen LogP contribution < -0.4 is 14.9 Å². The third kappa shape index (κ3) is 5.55. The zero-order valence-electron chi connectivity index (χ0n) is 19.7. The molecule has 2 aromatic carbocycles. The van der Waals surface area contributed by atoms with Crippen LogP contribution in [0.3, 0.4) is 0 Å². The fourth-order valence-electron chi connectivity index (χ4n) is 3.64. The number of benzene rings is 2. The summed E-state index contributed by atoms with van der Waals surface area (Å²) in [6.07, 6.45) is -2.53. The van der Waals surface area contributed by atoms with Gasteiger partial charge in [-0.15, -0.1) is 0 Å². The van der Waals surface area contributed by atoms with Crippen molar-refractivity contribution < 1.29 is 33.3 Å². The summed E-state index contributed by atoms with van der Waals surface area (Å²) in [6, 6.07) is 13.8. The minimum absolute atomic E-state index is 0.480. The van der Waals surface area contributed by atoms with E-state index in [4.69, 9.17) is 23.7 Å². The highest BCUT2D eigenvalue weighted by Gasteiger charge is 2.49. The van der Waals surface area contributed by atoms with Gasteiger partial charge in [-0.2, -0.15) is 5.01 Å². The van der Waals surface area contributed by atoms with Gasteiger partial charge in [0, 0.05) is 5.56 Å². The number of methoxy groups -OCH3 is 3. The van der Waals surface area contributed by atoms with Gasteiger partial charge >= 0.3 is 12.1 Å². The van der Waals surface area contributed by atoms with Gasteiger partial charge in [-0.1, -0.05) is 36.4 Å². The number of hydrogen-bond acceptors (Lipinski definition) is 8. The van der Waals surface area contributed by atoms with Crippen LogP contribution in [0, 0.1) is 0 Å². The van der Waals surface area contributed by atoms with Crippen molar-refractivity contribution in [3.05, 3.63) is 59.7 Å². The van der Waals surface area contributed by atoms with E-state index in [0.717, 1.165) is 5.56 Å². The van der Waals surface area contributed by atoms with E-state index in [0.29, 0.717) is 17.1 Å². The SMILES string of the molecule is COC(=O)[C@@H]1O[C@H](c2ccc(OC)c(OC)c2)N(NC(=O)OC(C)(C)C)[C@H]1c1ccccc1. The Bertz CT molecular complexity index is 975. The minimum Gasteiger partial charge on any atom is -0.493 e. The van der Waals surface area contributed by atoms with Gasteiger partial charge in [0.2, 0.25) is 0 Å². The molecule has 1 saturated heterocycles. The van der Waals surface area contributed by atoms with Crippen LogP contribution >= 0.6 is 0 Å². The second-order valence-corrected chi connectivity index (χ2v) is 8.42. The second-order valence-electron chi connectivity index (χ2n) is 8.42. The molecule has 0 spiro atoms. The number of nitrogens with one attached hydrogen (secondary N) is 1. The smallest absolute Gasteiger partial charge is 0.422 e. The quantitative estimate of drug-likeness (QED) is 0.654. The molecule has 1 N–H and O–H groups in total. The molecule has 33 heavy (non-hydrogen) atoms. The topological polar surface area (TPSA) is 95.6 Å². The number of amides is 1. The molecule has 0 bridgehead atoms. The lowest BCUT2D eigenvalue weighted by Gasteiger charge is -2.30. The van der Waals surface area contributed by atoms with Crippen LogP contribution in [0.25, 0.3) is 0 Å². The first-order chi connectivity index (χ1) is 15.7. The van der Waals surface area contributed by atoms with Crippen LogP contribution in [0.5, 0.6) is 11.5 Å². The fourth-order valence-corrected chi connectivity index (χ4v) is 3.64. The van der Waals surface area contributed by atoms with Crippen molar-refractivity contribution in [2.24, 2.45) is 0 Å². The molecule has 9 heteroatoms. The van der Waals surface area contributed by atoms with Crippen LogP contribution in [-0.4, -0.2) is 50.1 Å². The van der Waals surface area contributed by atoms with Crippen molar-refractivity contribution >= 4 is 12.1 Å². The zero-order valence-corrected chi connectivity index (χ0v) is 19.7. The maximum atomic E-state index is 12.7. The lowest BCUT2D eigenvalue weighted by atomic mass is 10.0. The summed E-state index contributed by atoms with van der Waals surface area (Å²) >= 11 is 0. The van der Waals surface area contributed by atoms with E-state index >= 15 is 0 Å². The first kappa shape index (κ1) is 24.3. The molecule has 1 aliphatic heterocycles. The van der Waals surface area contributed by atoms with Crippen LogP contribution in [0.2, 0.25) is 0 Å². The van der Waals surface area contributed by atoms with Gasteiger partial charge in [-0.3, -0.25) is 5.43 Å². The molecule has 3 atom stereocenters. The number of carbonyl (C=O) groups excluding carboxylic acids is 2. The predicted octanol–water partition coefficient (Wildman–Crippen LogP) is 3.76. The van der Waals surface area contributed by atoms with E-state index in [1.165, 1.54) is 14.2 Å². The molecule has 1 fully saturated rings. The van der Waals surface area contributed by atoms with Gasteiger partial charge in [-0.05, 0) is 38.5 Å². The summed E-state index contributed by atoms with van der Waals surface area (Å²) in [5.41, 5.74) is 3.45. The van der Waals surface area contributed by atoms with Crippen molar-refractivity contribution in [1.29, 1.82) is 0 Å². The maximum Gasteiger partial charge on any atom is 0.422 e. The first-order valence-corrected chi connectivity index (χ1v) is 10.5. The average molecular weight is 459 g/mol. The number of hydrogen-bond donors (Lipinski definition) is 1. The van der Waals surface area contributed by atoms with Crippen molar-refractivity contribution in [2.45, 2.75) is 44.7 Å². The molecule has 0 aliphatic carbocycles. The Balaban J connectivity index is 2.07. The Kier molecular flexibility index (Phi) is 7.45. The van der Waals surface area contributed by atoms with Crippen LogP contribution in [0.15, 0.2) is 48.5 Å². The number of rotatable bonds is 6. The Morgan fingerprint density at radius 1 is 0.939 bits per heavy atom. The van der Waals surface area contributed by atoms with Crippen molar-refractivity contribution in [1.82, 2.24) is 10.4 Å². The zero-order chi connectivity index (χ0) is 24.2. The van der Waals surface area contributed by atoms with E-state index in [1.54, 1.807) is 51.1 Å².